The van der Waals surface area contributed by atoms with E-state index in [1.165, 1.54) is 5.39 Å². The van der Waals surface area contributed by atoms with Gasteiger partial charge in [-0.1, -0.05) is 108 Å². The molecule has 0 aliphatic heterocycles. The molecule has 230 valence electrons. The van der Waals surface area contributed by atoms with Gasteiger partial charge >= 0.3 is 0 Å². The molecule has 4 aromatic heterocycles. The summed E-state index contributed by atoms with van der Waals surface area (Å²) in [5, 5.41) is 9.99. The molecule has 0 N–H and O–H groups in total. The van der Waals surface area contributed by atoms with Gasteiger partial charge in [0.2, 0.25) is 5.95 Å². The molecule has 5 heteroatoms. The summed E-state index contributed by atoms with van der Waals surface area (Å²) in [6.45, 7) is 4.25. The number of furan rings is 2. The maximum Gasteiger partial charge on any atom is 0.236 e. The minimum absolute atomic E-state index is 0.570. The maximum absolute atomic E-state index is 6.82. The van der Waals surface area contributed by atoms with Crippen LogP contribution in [0.2, 0.25) is 0 Å². The molecule has 0 fully saturated rings. The molecule has 4 heterocycles. The molecule has 49 heavy (non-hydrogen) atoms. The second-order valence-corrected chi connectivity index (χ2v) is 13.1. The topological polar surface area (TPSA) is 57.0 Å². The number of benzene rings is 7. The van der Waals surface area contributed by atoms with Gasteiger partial charge in [-0.05, 0) is 65.7 Å². The zero-order chi connectivity index (χ0) is 32.4. The van der Waals surface area contributed by atoms with E-state index in [-0.39, 0.29) is 0 Å². The van der Waals surface area contributed by atoms with Gasteiger partial charge in [-0.2, -0.15) is 0 Å². The molecule has 0 bridgehead atoms. The lowest BCUT2D eigenvalue weighted by Crippen LogP contribution is -2.03. The first-order valence-corrected chi connectivity index (χ1v) is 16.6. The Labute approximate surface area is 279 Å². The van der Waals surface area contributed by atoms with E-state index in [9.17, 15) is 0 Å². The van der Waals surface area contributed by atoms with Gasteiger partial charge in [0.05, 0.1) is 10.9 Å². The van der Waals surface area contributed by atoms with Gasteiger partial charge in [0.15, 0.2) is 11.2 Å². The summed E-state index contributed by atoms with van der Waals surface area (Å²) in [6, 6.07) is 44.6. The SMILES string of the molecule is Cc1cc(C)cc(-c2nc(-n3c4ccccc4c4c5ccccc5c5c6ccccc6oc5c43)nc3c2oc2ccc4ccccc4c23)c1. The molecule has 0 saturated heterocycles. The molecule has 0 spiro atoms. The van der Waals surface area contributed by atoms with Gasteiger partial charge in [-0.15, -0.1) is 0 Å². The van der Waals surface area contributed by atoms with Crippen molar-refractivity contribution in [3.63, 3.8) is 0 Å². The van der Waals surface area contributed by atoms with Crippen molar-refractivity contribution in [1.29, 1.82) is 0 Å². The first-order chi connectivity index (χ1) is 24.1. The van der Waals surface area contributed by atoms with Crippen LogP contribution in [0.4, 0.5) is 0 Å². The molecule has 0 unspecified atom stereocenters. The summed E-state index contributed by atoms with van der Waals surface area (Å²) in [6.07, 6.45) is 0. The molecule has 11 rings (SSSR count). The minimum Gasteiger partial charge on any atom is -0.454 e. The lowest BCUT2D eigenvalue weighted by Gasteiger charge is -2.11. The Kier molecular flexibility index (Phi) is 5.18. The highest BCUT2D eigenvalue weighted by Crippen LogP contribution is 2.46. The molecule has 11 aromatic rings. The zero-order valence-corrected chi connectivity index (χ0v) is 26.8. The van der Waals surface area contributed by atoms with Crippen LogP contribution >= 0.6 is 0 Å². The molecular weight excluding hydrogens is 603 g/mol. The summed E-state index contributed by atoms with van der Waals surface area (Å²) in [5.74, 6) is 0.570. The second kappa shape index (κ2) is 9.55. The fourth-order valence-electron chi connectivity index (χ4n) is 8.14. The molecule has 0 atom stereocenters. The van der Waals surface area contributed by atoms with E-state index < -0.39 is 0 Å². The number of aromatic nitrogens is 3. The summed E-state index contributed by atoms with van der Waals surface area (Å²) in [4.78, 5) is 10.9. The minimum atomic E-state index is 0.570. The van der Waals surface area contributed by atoms with Crippen molar-refractivity contribution in [2.24, 2.45) is 0 Å². The van der Waals surface area contributed by atoms with E-state index in [1.807, 2.05) is 12.1 Å². The van der Waals surface area contributed by atoms with Crippen LogP contribution in [0.25, 0.3) is 105 Å². The summed E-state index contributed by atoms with van der Waals surface area (Å²) >= 11 is 0. The second-order valence-electron chi connectivity index (χ2n) is 13.1. The lowest BCUT2D eigenvalue weighted by atomic mass is 9.99. The Morgan fingerprint density at radius 1 is 0.510 bits per heavy atom. The lowest BCUT2D eigenvalue weighted by molar-refractivity contribution is 0.666. The average Bonchev–Trinajstić information content (AvgIpc) is 3.81. The molecule has 0 aliphatic rings. The summed E-state index contributed by atoms with van der Waals surface area (Å²) in [7, 11) is 0. The van der Waals surface area contributed by atoms with Crippen LogP contribution in [0.15, 0.2) is 136 Å². The van der Waals surface area contributed by atoms with Crippen LogP contribution < -0.4 is 0 Å². The highest BCUT2D eigenvalue weighted by atomic mass is 16.3. The highest BCUT2D eigenvalue weighted by molar-refractivity contribution is 6.35. The standard InChI is InChI=1S/C44H27N3O2/c1-24-21-25(2)23-27(22-24)39-43-40(38-28-12-4-3-11-26(28)19-20-35(38)49-43)46-44(45-39)47-33-17-9-7-15-31(33)36-29-13-5-6-14-30(29)37-32-16-8-10-18-34(32)48-42(37)41(36)47/h3-23H,1-2H3. The van der Waals surface area contributed by atoms with E-state index >= 15 is 0 Å². The fraction of sp³-hybridized carbons (Fsp3) is 0.0455. The van der Waals surface area contributed by atoms with Gasteiger partial charge in [-0.3, -0.25) is 4.57 Å². The van der Waals surface area contributed by atoms with Gasteiger partial charge in [0.1, 0.15) is 27.9 Å². The number of aryl methyl sites for hydroxylation is 2. The number of para-hydroxylation sites is 2. The van der Waals surface area contributed by atoms with Gasteiger partial charge < -0.3 is 8.83 Å². The number of hydrogen-bond acceptors (Lipinski definition) is 4. The van der Waals surface area contributed by atoms with E-state index in [4.69, 9.17) is 18.8 Å². The van der Waals surface area contributed by atoms with Gasteiger partial charge in [0.25, 0.3) is 0 Å². The third-order valence-electron chi connectivity index (χ3n) is 10.0. The molecule has 5 nitrogen and oxygen atoms in total. The largest absolute Gasteiger partial charge is 0.454 e. The molecular formula is C44H27N3O2. The predicted molar refractivity (Wildman–Crippen MR) is 201 cm³/mol. The van der Waals surface area contributed by atoms with Crippen LogP contribution in [0.1, 0.15) is 11.1 Å². The zero-order valence-electron chi connectivity index (χ0n) is 26.8. The van der Waals surface area contributed by atoms with E-state index in [2.05, 4.69) is 134 Å². The van der Waals surface area contributed by atoms with Crippen molar-refractivity contribution < 1.29 is 8.83 Å². The smallest absolute Gasteiger partial charge is 0.236 e. The van der Waals surface area contributed by atoms with Gasteiger partial charge in [0, 0.05) is 27.1 Å². The van der Waals surface area contributed by atoms with Crippen LogP contribution in [0.3, 0.4) is 0 Å². The van der Waals surface area contributed by atoms with Crippen molar-refractivity contribution in [3.05, 3.63) is 139 Å². The van der Waals surface area contributed by atoms with Crippen molar-refractivity contribution in [2.45, 2.75) is 13.8 Å². The first kappa shape index (κ1) is 26.6. The Morgan fingerprint density at radius 2 is 1.16 bits per heavy atom. The van der Waals surface area contributed by atoms with Crippen molar-refractivity contribution >= 4 is 87.4 Å². The quantitative estimate of drug-likeness (QED) is 0.191. The monoisotopic (exact) mass is 629 g/mol. The van der Waals surface area contributed by atoms with Crippen LogP contribution in [-0.2, 0) is 0 Å². The summed E-state index contributed by atoms with van der Waals surface area (Å²) in [5.41, 5.74) is 9.99. The average molecular weight is 630 g/mol. The Bertz CT molecular complexity index is 3180. The van der Waals surface area contributed by atoms with Crippen molar-refractivity contribution in [2.75, 3.05) is 0 Å². The molecule has 0 saturated carbocycles. The van der Waals surface area contributed by atoms with E-state index in [0.29, 0.717) is 11.5 Å². The molecule has 0 amide bonds. The molecule has 7 aromatic carbocycles. The van der Waals surface area contributed by atoms with Gasteiger partial charge in [-0.25, -0.2) is 9.97 Å². The maximum atomic E-state index is 6.82. The van der Waals surface area contributed by atoms with Crippen LogP contribution in [0.5, 0.6) is 0 Å². The molecule has 0 aliphatic carbocycles. The Morgan fingerprint density at radius 3 is 1.98 bits per heavy atom. The fourth-order valence-corrected chi connectivity index (χ4v) is 8.14. The van der Waals surface area contributed by atoms with Crippen molar-refractivity contribution in [3.8, 4) is 17.2 Å². The number of rotatable bonds is 2. The third kappa shape index (κ3) is 3.59. The summed E-state index contributed by atoms with van der Waals surface area (Å²) < 4.78 is 15.7. The first-order valence-electron chi connectivity index (χ1n) is 16.6. The highest BCUT2D eigenvalue weighted by Gasteiger charge is 2.26. The van der Waals surface area contributed by atoms with Crippen LogP contribution in [0, 0.1) is 13.8 Å². The Hall–Kier alpha value is -6.46. The normalized spacial score (nSPS) is 12.3. The van der Waals surface area contributed by atoms with Crippen LogP contribution in [-0.4, -0.2) is 14.5 Å². The number of fused-ring (bicyclic) bond motifs is 15. The molecule has 0 radical (unpaired) electrons. The number of hydrogen-bond donors (Lipinski definition) is 0. The third-order valence-corrected chi connectivity index (χ3v) is 10.0. The predicted octanol–water partition coefficient (Wildman–Crippen LogP) is 12.0. The Balaban J connectivity index is 1.39. The van der Waals surface area contributed by atoms with Crippen molar-refractivity contribution in [1.82, 2.24) is 14.5 Å². The van der Waals surface area contributed by atoms with E-state index in [1.54, 1.807) is 0 Å². The van der Waals surface area contributed by atoms with E-state index in [0.717, 1.165) is 98.8 Å². The number of nitrogens with zero attached hydrogens (tertiary/aromatic N) is 3.